The summed E-state index contributed by atoms with van der Waals surface area (Å²) in [7, 11) is 3.59. The highest BCUT2D eigenvalue weighted by Crippen LogP contribution is 2.12. The third-order valence-electron chi connectivity index (χ3n) is 3.21. The summed E-state index contributed by atoms with van der Waals surface area (Å²) in [6.45, 7) is 6.42. The number of amides is 1. The molecule has 3 N–H and O–H groups in total. The zero-order valence-electron chi connectivity index (χ0n) is 18.3. The SMILES string of the molecule is COC(=O)C=C(ON=C(N)C(COCC(C)O)N(C)C(=O)OC(C)(C)C)C(=O)OC. The van der Waals surface area contributed by atoms with Crippen LogP contribution in [0.4, 0.5) is 4.79 Å². The Hall–Kier alpha value is -2.86. The van der Waals surface area contributed by atoms with Gasteiger partial charge in [0.25, 0.3) is 0 Å². The number of amidine groups is 1. The first-order chi connectivity index (χ1) is 13.8. The van der Waals surface area contributed by atoms with Gasteiger partial charge in [-0.3, -0.25) is 4.90 Å². The van der Waals surface area contributed by atoms with Crippen molar-refractivity contribution in [2.75, 3.05) is 34.5 Å². The molecule has 0 fully saturated rings. The van der Waals surface area contributed by atoms with Gasteiger partial charge in [-0.15, -0.1) is 0 Å². The summed E-state index contributed by atoms with van der Waals surface area (Å²) in [6.07, 6.45) is -0.746. The van der Waals surface area contributed by atoms with E-state index in [2.05, 4.69) is 14.6 Å². The van der Waals surface area contributed by atoms with Crippen molar-refractivity contribution in [3.05, 3.63) is 11.8 Å². The van der Waals surface area contributed by atoms with Crippen molar-refractivity contribution in [2.24, 2.45) is 10.9 Å². The zero-order valence-corrected chi connectivity index (χ0v) is 18.3. The van der Waals surface area contributed by atoms with Crippen molar-refractivity contribution in [1.29, 1.82) is 0 Å². The van der Waals surface area contributed by atoms with E-state index >= 15 is 0 Å². The predicted molar refractivity (Wildman–Crippen MR) is 105 cm³/mol. The number of esters is 2. The molecule has 0 saturated heterocycles. The molecule has 12 heteroatoms. The van der Waals surface area contributed by atoms with Crippen molar-refractivity contribution < 1.29 is 43.3 Å². The Morgan fingerprint density at radius 3 is 2.23 bits per heavy atom. The van der Waals surface area contributed by atoms with Crippen LogP contribution in [0, 0.1) is 0 Å². The van der Waals surface area contributed by atoms with Crippen LogP contribution in [0.25, 0.3) is 0 Å². The monoisotopic (exact) mass is 433 g/mol. The molecule has 0 aromatic rings. The lowest BCUT2D eigenvalue weighted by atomic mass is 10.2. The van der Waals surface area contributed by atoms with Crippen LogP contribution in [-0.4, -0.2) is 86.1 Å². The largest absolute Gasteiger partial charge is 0.466 e. The predicted octanol–water partition coefficient (Wildman–Crippen LogP) is 0.138. The van der Waals surface area contributed by atoms with Gasteiger partial charge in [0.2, 0.25) is 5.76 Å². The molecular formula is C18H31N3O9. The Balaban J connectivity index is 5.62. The lowest BCUT2D eigenvalue weighted by Crippen LogP contribution is -2.50. The average Bonchev–Trinajstić information content (AvgIpc) is 2.65. The maximum atomic E-state index is 12.4. The molecule has 0 bridgehead atoms. The Morgan fingerprint density at radius 2 is 1.77 bits per heavy atom. The fourth-order valence-electron chi connectivity index (χ4n) is 1.76. The number of aliphatic hydroxyl groups excluding tert-OH is 1. The van der Waals surface area contributed by atoms with Crippen molar-refractivity contribution in [3.63, 3.8) is 0 Å². The summed E-state index contributed by atoms with van der Waals surface area (Å²) in [5.41, 5.74) is 5.16. The highest BCUT2D eigenvalue weighted by Gasteiger charge is 2.29. The molecule has 0 aliphatic carbocycles. The van der Waals surface area contributed by atoms with E-state index in [9.17, 15) is 19.5 Å². The van der Waals surface area contributed by atoms with Crippen LogP contribution in [0.3, 0.4) is 0 Å². The van der Waals surface area contributed by atoms with E-state index in [-0.39, 0.29) is 19.0 Å². The van der Waals surface area contributed by atoms with Gasteiger partial charge in [-0.25, -0.2) is 14.4 Å². The molecule has 172 valence electrons. The second-order valence-electron chi connectivity index (χ2n) is 7.12. The number of carbonyl (C=O) groups is 3. The minimum Gasteiger partial charge on any atom is -0.466 e. The van der Waals surface area contributed by atoms with Crippen LogP contribution < -0.4 is 5.73 Å². The number of hydrogen-bond donors (Lipinski definition) is 2. The van der Waals surface area contributed by atoms with Gasteiger partial charge in [0.1, 0.15) is 11.6 Å². The number of aliphatic hydroxyl groups is 1. The number of nitrogens with zero attached hydrogens (tertiary/aromatic N) is 2. The molecule has 0 heterocycles. The molecule has 0 spiro atoms. The van der Waals surface area contributed by atoms with Crippen molar-refractivity contribution in [3.8, 4) is 0 Å². The molecule has 0 aromatic carbocycles. The van der Waals surface area contributed by atoms with Crippen molar-refractivity contribution in [1.82, 2.24) is 4.90 Å². The van der Waals surface area contributed by atoms with Gasteiger partial charge in [-0.1, -0.05) is 5.16 Å². The molecule has 0 aliphatic heterocycles. The van der Waals surface area contributed by atoms with Crippen LogP contribution in [0.2, 0.25) is 0 Å². The Kier molecular flexibility index (Phi) is 11.4. The van der Waals surface area contributed by atoms with E-state index in [0.29, 0.717) is 0 Å². The van der Waals surface area contributed by atoms with Gasteiger partial charge >= 0.3 is 18.0 Å². The molecule has 2 unspecified atom stereocenters. The summed E-state index contributed by atoms with van der Waals surface area (Å²) >= 11 is 0. The summed E-state index contributed by atoms with van der Waals surface area (Å²) in [4.78, 5) is 41.5. The highest BCUT2D eigenvalue weighted by molar-refractivity contribution is 5.95. The molecule has 12 nitrogen and oxygen atoms in total. The molecule has 0 aromatic heterocycles. The van der Waals surface area contributed by atoms with Gasteiger partial charge in [0.05, 0.1) is 39.6 Å². The third kappa shape index (κ3) is 10.6. The van der Waals surface area contributed by atoms with E-state index in [4.69, 9.17) is 20.0 Å². The zero-order chi connectivity index (χ0) is 23.5. The summed E-state index contributed by atoms with van der Waals surface area (Å²) in [5, 5.41) is 13.0. The standard InChI is InChI=1S/C18H31N3O9/c1-11(22)9-28-10-12(21(5)17(25)29-18(2,3)4)15(19)20-30-13(16(24)27-7)8-14(23)26-6/h8,11-12,22H,9-10H2,1-7H3,(H2,19,20). The normalized spacial score (nSPS) is 14.4. The maximum absolute atomic E-state index is 12.4. The number of carbonyl (C=O) groups excluding carboxylic acids is 3. The number of likely N-dealkylation sites (N-methyl/N-ethyl adjacent to an activating group) is 1. The molecule has 0 aliphatic rings. The Labute approximate surface area is 175 Å². The minimum absolute atomic E-state index is 0.0253. The molecule has 0 rings (SSSR count). The quantitative estimate of drug-likeness (QED) is 0.0922. The lowest BCUT2D eigenvalue weighted by Gasteiger charge is -2.30. The molecule has 0 radical (unpaired) electrons. The number of methoxy groups -OCH3 is 2. The summed E-state index contributed by atoms with van der Waals surface area (Å²) in [6, 6.07) is -0.976. The summed E-state index contributed by atoms with van der Waals surface area (Å²) < 4.78 is 19.6. The molecule has 30 heavy (non-hydrogen) atoms. The van der Waals surface area contributed by atoms with Crippen molar-refractivity contribution >= 4 is 23.9 Å². The van der Waals surface area contributed by atoms with Crippen LogP contribution >= 0.6 is 0 Å². The van der Waals surface area contributed by atoms with E-state index in [1.807, 2.05) is 0 Å². The average molecular weight is 433 g/mol. The topological polar surface area (TPSA) is 159 Å². The summed E-state index contributed by atoms with van der Waals surface area (Å²) in [5.74, 6) is -2.74. The fraction of sp³-hybridized carbons (Fsp3) is 0.667. The first kappa shape index (κ1) is 27.1. The van der Waals surface area contributed by atoms with Gasteiger partial charge in [-0.05, 0) is 27.7 Å². The van der Waals surface area contributed by atoms with E-state index < -0.39 is 41.5 Å². The number of hydrogen-bond acceptors (Lipinski definition) is 10. The first-order valence-corrected chi connectivity index (χ1v) is 8.92. The number of ether oxygens (including phenoxy) is 4. The second kappa shape index (κ2) is 12.6. The van der Waals surface area contributed by atoms with E-state index in [0.717, 1.165) is 25.2 Å². The smallest absolute Gasteiger partial charge is 0.410 e. The highest BCUT2D eigenvalue weighted by atomic mass is 16.7. The minimum atomic E-state index is -1.00. The first-order valence-electron chi connectivity index (χ1n) is 8.92. The van der Waals surface area contributed by atoms with Crippen LogP contribution in [0.5, 0.6) is 0 Å². The maximum Gasteiger partial charge on any atom is 0.410 e. The fourth-order valence-corrected chi connectivity index (χ4v) is 1.76. The number of nitrogens with two attached hydrogens (primary N) is 1. The van der Waals surface area contributed by atoms with E-state index in [1.165, 1.54) is 14.0 Å². The number of rotatable bonds is 10. The third-order valence-corrected chi connectivity index (χ3v) is 3.21. The van der Waals surface area contributed by atoms with Gasteiger partial charge < -0.3 is 34.6 Å². The van der Waals surface area contributed by atoms with Crippen LogP contribution in [0.1, 0.15) is 27.7 Å². The molecule has 2 atom stereocenters. The van der Waals surface area contributed by atoms with Gasteiger partial charge in [-0.2, -0.15) is 0 Å². The van der Waals surface area contributed by atoms with Gasteiger partial charge in [0.15, 0.2) is 5.84 Å². The Bertz CT molecular complexity index is 654. The second-order valence-corrected chi connectivity index (χ2v) is 7.12. The van der Waals surface area contributed by atoms with Gasteiger partial charge in [0, 0.05) is 7.05 Å². The van der Waals surface area contributed by atoms with Crippen LogP contribution in [-0.2, 0) is 33.4 Å². The van der Waals surface area contributed by atoms with Crippen LogP contribution in [0.15, 0.2) is 17.0 Å². The Morgan fingerprint density at radius 1 is 1.17 bits per heavy atom. The molecule has 1 amide bonds. The molecular weight excluding hydrogens is 402 g/mol. The number of oxime groups is 1. The molecule has 0 saturated carbocycles. The lowest BCUT2D eigenvalue weighted by molar-refractivity contribution is -0.142. The van der Waals surface area contributed by atoms with E-state index in [1.54, 1.807) is 20.8 Å². The van der Waals surface area contributed by atoms with Crippen molar-refractivity contribution in [2.45, 2.75) is 45.4 Å².